The number of carbonyl (C=O) groups excluding carboxylic acids is 2. The Bertz CT molecular complexity index is 1040. The van der Waals surface area contributed by atoms with E-state index in [1.54, 1.807) is 12.1 Å². The summed E-state index contributed by atoms with van der Waals surface area (Å²) in [6.45, 7) is 1.55. The van der Waals surface area contributed by atoms with E-state index >= 15 is 0 Å². The number of aldehydes is 1. The zero-order chi connectivity index (χ0) is 19.7. The second-order valence-electron chi connectivity index (χ2n) is 6.50. The van der Waals surface area contributed by atoms with E-state index in [1.165, 1.54) is 17.3 Å². The number of nitrogens with zero attached hydrogens (tertiary/aromatic N) is 2. The molecule has 0 unspecified atom stereocenters. The lowest BCUT2D eigenvalue weighted by Crippen LogP contribution is -2.16. The van der Waals surface area contributed by atoms with Gasteiger partial charge in [0.2, 0.25) is 0 Å². The van der Waals surface area contributed by atoms with Crippen LogP contribution in [0.25, 0.3) is 0 Å². The number of aromatic hydroxyl groups is 1. The molecule has 0 radical (unpaired) electrons. The van der Waals surface area contributed by atoms with E-state index in [-0.39, 0.29) is 11.1 Å². The second kappa shape index (κ2) is 7.11. The topological polar surface area (TPSA) is 82.5 Å². The van der Waals surface area contributed by atoms with Crippen LogP contribution >= 0.6 is 0 Å². The van der Waals surface area contributed by atoms with Gasteiger partial charge in [0, 0.05) is 18.7 Å². The normalized spacial score (nSPS) is 12.5. The van der Waals surface area contributed by atoms with Gasteiger partial charge in [0.25, 0.3) is 5.91 Å². The summed E-state index contributed by atoms with van der Waals surface area (Å²) in [5, 5.41) is 12.0. The summed E-state index contributed by atoms with van der Waals surface area (Å²) in [5.74, 6) is -1.63. The SMILES string of the molecule is O=Cc1cc(C(=O)Nc2ccc(N3Cc4ccccc4C3)nc2)cc(F)c1O. The van der Waals surface area contributed by atoms with E-state index < -0.39 is 17.5 Å². The fourth-order valence-electron chi connectivity index (χ4n) is 3.19. The lowest BCUT2D eigenvalue weighted by atomic mass is 10.1. The standard InChI is InChI=1S/C21H16FN3O3/c22-18-8-15(7-16(12-26)20(18)27)21(28)24-17-5-6-19(23-9-17)25-10-13-3-1-2-4-14(13)11-25/h1-9,12,27H,10-11H2,(H,24,28). The Kier molecular flexibility index (Phi) is 4.49. The molecule has 1 aliphatic rings. The van der Waals surface area contributed by atoms with E-state index in [0.717, 1.165) is 31.0 Å². The van der Waals surface area contributed by atoms with Crippen LogP contribution in [0.4, 0.5) is 15.9 Å². The molecule has 0 saturated carbocycles. The van der Waals surface area contributed by atoms with Crippen LogP contribution in [0.2, 0.25) is 0 Å². The van der Waals surface area contributed by atoms with Crippen molar-refractivity contribution in [3.05, 3.63) is 82.8 Å². The molecule has 4 rings (SSSR count). The van der Waals surface area contributed by atoms with E-state index in [1.807, 2.05) is 12.1 Å². The van der Waals surface area contributed by atoms with Crippen LogP contribution in [0.5, 0.6) is 5.75 Å². The molecule has 2 aromatic carbocycles. The number of amides is 1. The Labute approximate surface area is 160 Å². The smallest absolute Gasteiger partial charge is 0.255 e. The third kappa shape index (κ3) is 3.29. The molecule has 0 bridgehead atoms. The molecule has 7 heteroatoms. The first-order valence-corrected chi connectivity index (χ1v) is 8.62. The van der Waals surface area contributed by atoms with Gasteiger partial charge in [-0.05, 0) is 35.4 Å². The maximum Gasteiger partial charge on any atom is 0.255 e. The first-order chi connectivity index (χ1) is 13.5. The number of carbonyl (C=O) groups is 2. The molecule has 2 heterocycles. The van der Waals surface area contributed by atoms with Crippen molar-refractivity contribution >= 4 is 23.7 Å². The van der Waals surface area contributed by atoms with Crippen LogP contribution in [-0.2, 0) is 13.1 Å². The third-order valence-corrected chi connectivity index (χ3v) is 4.65. The lowest BCUT2D eigenvalue weighted by Gasteiger charge is -2.16. The number of halogens is 1. The maximum atomic E-state index is 13.7. The quantitative estimate of drug-likeness (QED) is 0.680. The Balaban J connectivity index is 1.47. The zero-order valence-corrected chi connectivity index (χ0v) is 14.7. The van der Waals surface area contributed by atoms with E-state index in [4.69, 9.17) is 0 Å². The highest BCUT2D eigenvalue weighted by atomic mass is 19.1. The minimum Gasteiger partial charge on any atom is -0.504 e. The summed E-state index contributed by atoms with van der Waals surface area (Å²) in [7, 11) is 0. The molecule has 140 valence electrons. The first-order valence-electron chi connectivity index (χ1n) is 8.62. The summed E-state index contributed by atoms with van der Waals surface area (Å²) in [5.41, 5.74) is 2.61. The first kappa shape index (κ1) is 17.7. The Morgan fingerprint density at radius 3 is 2.46 bits per heavy atom. The Morgan fingerprint density at radius 2 is 1.86 bits per heavy atom. The van der Waals surface area contributed by atoms with Crippen molar-refractivity contribution in [3.8, 4) is 5.75 Å². The van der Waals surface area contributed by atoms with Crippen molar-refractivity contribution in [1.29, 1.82) is 0 Å². The number of nitrogens with one attached hydrogen (secondary N) is 1. The summed E-state index contributed by atoms with van der Waals surface area (Å²) in [6, 6.07) is 13.7. The summed E-state index contributed by atoms with van der Waals surface area (Å²) in [4.78, 5) is 29.7. The lowest BCUT2D eigenvalue weighted by molar-refractivity contribution is 0.102. The minimum absolute atomic E-state index is 0.0727. The van der Waals surface area contributed by atoms with Gasteiger partial charge < -0.3 is 15.3 Å². The van der Waals surface area contributed by atoms with E-state index in [2.05, 4.69) is 27.3 Å². The van der Waals surface area contributed by atoms with Gasteiger partial charge in [-0.3, -0.25) is 9.59 Å². The molecule has 1 aromatic heterocycles. The van der Waals surface area contributed by atoms with Gasteiger partial charge in [0.15, 0.2) is 17.9 Å². The molecular weight excluding hydrogens is 361 g/mol. The van der Waals surface area contributed by atoms with Crippen molar-refractivity contribution in [2.75, 3.05) is 10.2 Å². The zero-order valence-electron chi connectivity index (χ0n) is 14.7. The number of phenolic OH excluding ortho intramolecular Hbond substituents is 1. The van der Waals surface area contributed by atoms with Crippen LogP contribution in [0.15, 0.2) is 54.7 Å². The predicted molar refractivity (Wildman–Crippen MR) is 102 cm³/mol. The maximum absolute atomic E-state index is 13.7. The largest absolute Gasteiger partial charge is 0.504 e. The molecule has 2 N–H and O–H groups in total. The fraction of sp³-hybridized carbons (Fsp3) is 0.0952. The Hall–Kier alpha value is -3.74. The average molecular weight is 377 g/mol. The molecular formula is C21H16FN3O3. The predicted octanol–water partition coefficient (Wildman–Crippen LogP) is 3.51. The molecule has 1 amide bonds. The van der Waals surface area contributed by atoms with E-state index in [9.17, 15) is 19.1 Å². The summed E-state index contributed by atoms with van der Waals surface area (Å²) < 4.78 is 13.7. The summed E-state index contributed by atoms with van der Waals surface area (Å²) >= 11 is 0. The van der Waals surface area contributed by atoms with Gasteiger partial charge >= 0.3 is 0 Å². The molecule has 0 atom stereocenters. The van der Waals surface area contributed by atoms with Crippen molar-refractivity contribution in [3.63, 3.8) is 0 Å². The van der Waals surface area contributed by atoms with Gasteiger partial charge in [-0.1, -0.05) is 24.3 Å². The van der Waals surface area contributed by atoms with Crippen molar-refractivity contribution in [2.45, 2.75) is 13.1 Å². The highest BCUT2D eigenvalue weighted by molar-refractivity contribution is 6.05. The van der Waals surface area contributed by atoms with Gasteiger partial charge in [0.1, 0.15) is 5.82 Å². The monoisotopic (exact) mass is 377 g/mol. The van der Waals surface area contributed by atoms with E-state index in [0.29, 0.717) is 12.0 Å². The number of benzene rings is 2. The number of hydrogen-bond acceptors (Lipinski definition) is 5. The fourth-order valence-corrected chi connectivity index (χ4v) is 3.19. The van der Waals surface area contributed by atoms with Gasteiger partial charge in [-0.25, -0.2) is 9.37 Å². The van der Waals surface area contributed by atoms with Crippen molar-refractivity contribution in [2.24, 2.45) is 0 Å². The van der Waals surface area contributed by atoms with Crippen molar-refractivity contribution < 1.29 is 19.1 Å². The molecule has 0 saturated heterocycles. The van der Waals surface area contributed by atoms with Gasteiger partial charge in [-0.2, -0.15) is 0 Å². The molecule has 0 spiro atoms. The molecule has 28 heavy (non-hydrogen) atoms. The Morgan fingerprint density at radius 1 is 1.14 bits per heavy atom. The molecule has 1 aliphatic heterocycles. The summed E-state index contributed by atoms with van der Waals surface area (Å²) in [6.07, 6.45) is 1.81. The molecule has 3 aromatic rings. The molecule has 6 nitrogen and oxygen atoms in total. The number of phenols is 1. The molecule has 0 fully saturated rings. The van der Waals surface area contributed by atoms with Crippen LogP contribution in [0, 0.1) is 5.82 Å². The average Bonchev–Trinajstić information content (AvgIpc) is 3.14. The number of rotatable bonds is 4. The highest BCUT2D eigenvalue weighted by Crippen LogP contribution is 2.27. The highest BCUT2D eigenvalue weighted by Gasteiger charge is 2.19. The van der Waals surface area contributed by atoms with Crippen LogP contribution in [0.1, 0.15) is 31.8 Å². The number of aromatic nitrogens is 1. The number of hydrogen-bond donors (Lipinski definition) is 2. The second-order valence-corrected chi connectivity index (χ2v) is 6.50. The van der Waals surface area contributed by atoms with Gasteiger partial charge in [0.05, 0.1) is 17.4 Å². The van der Waals surface area contributed by atoms with Crippen LogP contribution in [-0.4, -0.2) is 22.3 Å². The molecule has 0 aliphatic carbocycles. The van der Waals surface area contributed by atoms with Crippen molar-refractivity contribution in [1.82, 2.24) is 4.98 Å². The van der Waals surface area contributed by atoms with Crippen LogP contribution < -0.4 is 10.2 Å². The minimum atomic E-state index is -1.03. The third-order valence-electron chi connectivity index (χ3n) is 4.65. The van der Waals surface area contributed by atoms with Crippen LogP contribution in [0.3, 0.4) is 0 Å². The number of anilines is 2. The van der Waals surface area contributed by atoms with Gasteiger partial charge in [-0.15, -0.1) is 0 Å². The number of fused-ring (bicyclic) bond motifs is 1. The number of pyridine rings is 1.